The summed E-state index contributed by atoms with van der Waals surface area (Å²) in [5, 5.41) is 13.7. The van der Waals surface area contributed by atoms with Gasteiger partial charge in [0.15, 0.2) is 11.5 Å². The molecule has 0 radical (unpaired) electrons. The Morgan fingerprint density at radius 3 is 2.19 bits per heavy atom. The lowest BCUT2D eigenvalue weighted by molar-refractivity contribution is 0.102. The van der Waals surface area contributed by atoms with Crippen LogP contribution in [-0.4, -0.2) is 22.2 Å². The van der Waals surface area contributed by atoms with E-state index in [0.29, 0.717) is 11.5 Å². The van der Waals surface area contributed by atoms with E-state index in [9.17, 15) is 9.18 Å². The molecular formula is C20H19FN4O2. The van der Waals surface area contributed by atoms with E-state index in [4.69, 9.17) is 4.74 Å². The zero-order valence-electron chi connectivity index (χ0n) is 14.9. The summed E-state index contributed by atoms with van der Waals surface area (Å²) in [7, 11) is 0. The summed E-state index contributed by atoms with van der Waals surface area (Å²) in [5.74, 6) is 0.503. The fourth-order valence-corrected chi connectivity index (χ4v) is 2.29. The summed E-state index contributed by atoms with van der Waals surface area (Å²) in [6, 6.07) is 16.2. The molecule has 2 aromatic carbocycles. The lowest BCUT2D eigenvalue weighted by Crippen LogP contribution is -2.14. The third-order valence-electron chi connectivity index (χ3n) is 3.50. The number of nitrogens with zero attached hydrogens (tertiary/aromatic N) is 2. The van der Waals surface area contributed by atoms with Crippen molar-refractivity contribution in [3.8, 4) is 5.75 Å². The van der Waals surface area contributed by atoms with Gasteiger partial charge in [0.25, 0.3) is 5.91 Å². The van der Waals surface area contributed by atoms with Crippen LogP contribution in [0, 0.1) is 5.82 Å². The Hall–Kier alpha value is -3.48. The second kappa shape index (κ2) is 8.27. The molecule has 0 saturated heterocycles. The van der Waals surface area contributed by atoms with Crippen molar-refractivity contribution in [2.24, 2.45) is 0 Å². The van der Waals surface area contributed by atoms with Crippen LogP contribution in [-0.2, 0) is 0 Å². The smallest absolute Gasteiger partial charge is 0.276 e. The fourth-order valence-electron chi connectivity index (χ4n) is 2.29. The number of amides is 1. The van der Waals surface area contributed by atoms with Crippen molar-refractivity contribution in [1.82, 2.24) is 10.2 Å². The zero-order valence-corrected chi connectivity index (χ0v) is 14.9. The summed E-state index contributed by atoms with van der Waals surface area (Å²) < 4.78 is 18.5. The number of ether oxygens (including phenoxy) is 1. The van der Waals surface area contributed by atoms with E-state index in [2.05, 4.69) is 20.8 Å². The van der Waals surface area contributed by atoms with Gasteiger partial charge in [0.2, 0.25) is 0 Å². The Kier molecular flexibility index (Phi) is 5.61. The van der Waals surface area contributed by atoms with Gasteiger partial charge in [-0.05, 0) is 74.5 Å². The highest BCUT2D eigenvalue weighted by molar-refractivity contribution is 6.02. The van der Waals surface area contributed by atoms with E-state index in [1.165, 1.54) is 24.3 Å². The maximum Gasteiger partial charge on any atom is 0.276 e. The molecule has 7 heteroatoms. The summed E-state index contributed by atoms with van der Waals surface area (Å²) in [4.78, 5) is 12.2. The minimum Gasteiger partial charge on any atom is -0.491 e. The largest absolute Gasteiger partial charge is 0.491 e. The number of benzene rings is 2. The first-order valence-electron chi connectivity index (χ1n) is 8.44. The fraction of sp³-hybridized carbons (Fsp3) is 0.150. The minimum absolute atomic E-state index is 0.114. The number of nitrogens with one attached hydrogen (secondary N) is 2. The maximum atomic E-state index is 12.9. The second-order valence-corrected chi connectivity index (χ2v) is 6.08. The van der Waals surface area contributed by atoms with Gasteiger partial charge in [0.1, 0.15) is 11.6 Å². The summed E-state index contributed by atoms with van der Waals surface area (Å²) in [6.45, 7) is 3.94. The molecule has 3 aromatic rings. The van der Waals surface area contributed by atoms with Crippen LogP contribution in [0.5, 0.6) is 5.75 Å². The van der Waals surface area contributed by atoms with Gasteiger partial charge in [0.05, 0.1) is 6.10 Å². The van der Waals surface area contributed by atoms with Crippen LogP contribution in [0.15, 0.2) is 60.7 Å². The van der Waals surface area contributed by atoms with Crippen molar-refractivity contribution in [3.05, 3.63) is 72.2 Å². The molecule has 0 bridgehead atoms. The molecule has 0 atom stereocenters. The van der Waals surface area contributed by atoms with Crippen LogP contribution in [0.3, 0.4) is 0 Å². The summed E-state index contributed by atoms with van der Waals surface area (Å²) in [6.07, 6.45) is 0.114. The first-order chi connectivity index (χ1) is 13.0. The standard InChI is InChI=1S/C20H19FN4O2/c1-13(2)27-17-9-7-15(8-10-17)22-19-12-11-18(24-25-19)20(26)23-16-5-3-14(21)4-6-16/h3-13H,1-2H3,(H,22,25)(H,23,26). The van der Waals surface area contributed by atoms with Gasteiger partial charge in [-0.25, -0.2) is 4.39 Å². The Labute approximate surface area is 156 Å². The average Bonchev–Trinajstić information content (AvgIpc) is 2.65. The number of hydrogen-bond acceptors (Lipinski definition) is 5. The third kappa shape index (κ3) is 5.24. The predicted molar refractivity (Wildman–Crippen MR) is 102 cm³/mol. The van der Waals surface area contributed by atoms with Gasteiger partial charge in [-0.3, -0.25) is 4.79 Å². The molecule has 0 spiro atoms. The number of carbonyl (C=O) groups is 1. The van der Waals surface area contributed by atoms with Crippen LogP contribution in [0.25, 0.3) is 0 Å². The maximum absolute atomic E-state index is 12.9. The molecule has 0 aliphatic heterocycles. The van der Waals surface area contributed by atoms with Gasteiger partial charge in [0, 0.05) is 11.4 Å². The molecule has 0 saturated carbocycles. The number of rotatable bonds is 6. The highest BCUT2D eigenvalue weighted by atomic mass is 19.1. The van der Waals surface area contributed by atoms with Crippen LogP contribution < -0.4 is 15.4 Å². The van der Waals surface area contributed by atoms with Crippen LogP contribution >= 0.6 is 0 Å². The molecule has 1 aromatic heterocycles. The molecule has 2 N–H and O–H groups in total. The van der Waals surface area contributed by atoms with Gasteiger partial charge >= 0.3 is 0 Å². The van der Waals surface area contributed by atoms with Crippen LogP contribution in [0.2, 0.25) is 0 Å². The van der Waals surface area contributed by atoms with E-state index >= 15 is 0 Å². The SMILES string of the molecule is CC(C)Oc1ccc(Nc2ccc(C(=O)Nc3ccc(F)cc3)nn2)cc1. The van der Waals surface area contributed by atoms with E-state index in [1.807, 2.05) is 38.1 Å². The van der Waals surface area contributed by atoms with Gasteiger partial charge in [-0.1, -0.05) is 0 Å². The number of carbonyl (C=O) groups excluding carboxylic acids is 1. The Bertz CT molecular complexity index is 895. The summed E-state index contributed by atoms with van der Waals surface area (Å²) >= 11 is 0. The molecule has 0 fully saturated rings. The Morgan fingerprint density at radius 2 is 1.59 bits per heavy atom. The van der Waals surface area contributed by atoms with E-state index in [0.717, 1.165) is 11.4 Å². The van der Waals surface area contributed by atoms with Crippen LogP contribution in [0.1, 0.15) is 24.3 Å². The van der Waals surface area contributed by atoms with Gasteiger partial charge in [-0.15, -0.1) is 10.2 Å². The Balaban J connectivity index is 1.61. The zero-order chi connectivity index (χ0) is 19.2. The number of hydrogen-bond donors (Lipinski definition) is 2. The highest BCUT2D eigenvalue weighted by Gasteiger charge is 2.09. The van der Waals surface area contributed by atoms with Crippen LogP contribution in [0.4, 0.5) is 21.6 Å². The minimum atomic E-state index is -0.421. The normalized spacial score (nSPS) is 10.5. The first-order valence-corrected chi connectivity index (χ1v) is 8.44. The van der Waals surface area contributed by atoms with Gasteiger partial charge in [-0.2, -0.15) is 0 Å². The highest BCUT2D eigenvalue weighted by Crippen LogP contribution is 2.19. The van der Waals surface area contributed by atoms with E-state index in [-0.39, 0.29) is 17.6 Å². The lowest BCUT2D eigenvalue weighted by atomic mass is 10.3. The number of aromatic nitrogens is 2. The molecule has 6 nitrogen and oxygen atoms in total. The van der Waals surface area contributed by atoms with Crippen molar-refractivity contribution < 1.29 is 13.9 Å². The quantitative estimate of drug-likeness (QED) is 0.676. The molecule has 27 heavy (non-hydrogen) atoms. The monoisotopic (exact) mass is 366 g/mol. The second-order valence-electron chi connectivity index (χ2n) is 6.08. The molecule has 3 rings (SSSR count). The number of anilines is 3. The predicted octanol–water partition coefficient (Wildman–Crippen LogP) is 4.40. The van der Waals surface area contributed by atoms with Crippen molar-refractivity contribution in [2.75, 3.05) is 10.6 Å². The molecule has 1 heterocycles. The van der Waals surface area contributed by atoms with Gasteiger partial charge < -0.3 is 15.4 Å². The van der Waals surface area contributed by atoms with Crippen molar-refractivity contribution in [1.29, 1.82) is 0 Å². The average molecular weight is 366 g/mol. The molecule has 0 aliphatic carbocycles. The molecule has 0 unspecified atom stereocenters. The molecule has 0 aliphatic rings. The lowest BCUT2D eigenvalue weighted by Gasteiger charge is -2.10. The van der Waals surface area contributed by atoms with E-state index in [1.54, 1.807) is 12.1 Å². The third-order valence-corrected chi connectivity index (χ3v) is 3.50. The molecule has 138 valence electrons. The van der Waals surface area contributed by atoms with Crippen molar-refractivity contribution in [2.45, 2.75) is 20.0 Å². The first kappa shape index (κ1) is 18.3. The number of halogens is 1. The molecular weight excluding hydrogens is 347 g/mol. The van der Waals surface area contributed by atoms with Crippen molar-refractivity contribution >= 4 is 23.1 Å². The summed E-state index contributed by atoms with van der Waals surface area (Å²) in [5.41, 5.74) is 1.46. The molecule has 1 amide bonds. The topological polar surface area (TPSA) is 76.1 Å². The van der Waals surface area contributed by atoms with Crippen molar-refractivity contribution in [3.63, 3.8) is 0 Å². The van der Waals surface area contributed by atoms with E-state index < -0.39 is 5.91 Å². The Morgan fingerprint density at radius 1 is 0.926 bits per heavy atom.